The number of ketones is 1. The molecule has 0 atom stereocenters. The molecule has 0 radical (unpaired) electrons. The molecule has 0 N–H and O–H groups in total. The van der Waals surface area contributed by atoms with Crippen LogP contribution in [0.25, 0.3) is 0 Å². The Morgan fingerprint density at radius 1 is 1.33 bits per heavy atom. The Morgan fingerprint density at radius 3 is 2.67 bits per heavy atom. The summed E-state index contributed by atoms with van der Waals surface area (Å²) >= 11 is 5.67. The van der Waals surface area contributed by atoms with Crippen LogP contribution in [0.3, 0.4) is 0 Å². The quantitative estimate of drug-likeness (QED) is 0.784. The van der Waals surface area contributed by atoms with Gasteiger partial charge in [-0.3, -0.25) is 9.69 Å². The average Bonchev–Trinajstić information content (AvgIpc) is 2.35. The normalized spacial score (nSPS) is 17.9. The molecule has 98 valence electrons. The fourth-order valence-corrected chi connectivity index (χ4v) is 2.19. The minimum absolute atomic E-state index is 0.000715. The lowest BCUT2D eigenvalue weighted by Crippen LogP contribution is -2.46. The lowest BCUT2D eigenvalue weighted by atomic mass is 10.1. The van der Waals surface area contributed by atoms with E-state index in [4.69, 9.17) is 11.6 Å². The van der Waals surface area contributed by atoms with Crippen LogP contribution in [0.5, 0.6) is 0 Å². The standard InChI is InChI=1S/C13H16ClFN2O/c1-16-5-7-17(8-6-16)9-12(18)10-3-2-4-11(14)13(10)15/h2-4H,5-9H2,1H3. The molecular weight excluding hydrogens is 255 g/mol. The maximum absolute atomic E-state index is 13.7. The number of Topliss-reactive ketones (excluding diaryl/α,β-unsaturated/α-hetero) is 1. The van der Waals surface area contributed by atoms with Gasteiger partial charge in [0, 0.05) is 26.2 Å². The highest BCUT2D eigenvalue weighted by Crippen LogP contribution is 2.18. The molecule has 0 bridgehead atoms. The van der Waals surface area contributed by atoms with Crippen LogP contribution in [0, 0.1) is 5.82 Å². The van der Waals surface area contributed by atoms with E-state index in [0.29, 0.717) is 0 Å². The van der Waals surface area contributed by atoms with Gasteiger partial charge in [0.1, 0.15) is 0 Å². The number of hydrogen-bond donors (Lipinski definition) is 0. The highest BCUT2D eigenvalue weighted by Gasteiger charge is 2.20. The van der Waals surface area contributed by atoms with Gasteiger partial charge in [-0.1, -0.05) is 17.7 Å². The fourth-order valence-electron chi connectivity index (χ4n) is 2.01. The summed E-state index contributed by atoms with van der Waals surface area (Å²) in [5, 5.41) is -0.000715. The fraction of sp³-hybridized carbons (Fsp3) is 0.462. The first-order chi connectivity index (χ1) is 8.58. The monoisotopic (exact) mass is 270 g/mol. The van der Waals surface area contributed by atoms with E-state index >= 15 is 0 Å². The molecule has 18 heavy (non-hydrogen) atoms. The topological polar surface area (TPSA) is 23.6 Å². The van der Waals surface area contributed by atoms with Crippen molar-refractivity contribution < 1.29 is 9.18 Å². The number of halogens is 2. The third kappa shape index (κ3) is 3.07. The van der Waals surface area contributed by atoms with Crippen LogP contribution in [0.15, 0.2) is 18.2 Å². The van der Waals surface area contributed by atoms with Crippen LogP contribution in [0.4, 0.5) is 4.39 Å². The van der Waals surface area contributed by atoms with Crippen LogP contribution in [0.1, 0.15) is 10.4 Å². The molecular formula is C13H16ClFN2O. The molecule has 1 aliphatic heterocycles. The summed E-state index contributed by atoms with van der Waals surface area (Å²) in [6, 6.07) is 4.53. The molecule has 5 heteroatoms. The number of carbonyl (C=O) groups excluding carboxylic acids is 1. The Balaban J connectivity index is 2.01. The second-order valence-electron chi connectivity index (χ2n) is 4.60. The smallest absolute Gasteiger partial charge is 0.179 e. The molecule has 0 amide bonds. The van der Waals surface area contributed by atoms with Crippen LogP contribution >= 0.6 is 11.6 Å². The van der Waals surface area contributed by atoms with E-state index in [2.05, 4.69) is 11.9 Å². The van der Waals surface area contributed by atoms with Crippen molar-refractivity contribution in [2.75, 3.05) is 39.8 Å². The summed E-state index contributed by atoms with van der Waals surface area (Å²) in [5.74, 6) is -0.821. The number of carbonyl (C=O) groups is 1. The van der Waals surface area contributed by atoms with Crippen LogP contribution in [-0.4, -0.2) is 55.4 Å². The molecule has 1 fully saturated rings. The molecule has 0 saturated carbocycles. The molecule has 2 rings (SSSR count). The summed E-state index contributed by atoms with van der Waals surface area (Å²) < 4.78 is 13.7. The van der Waals surface area contributed by atoms with Crippen LogP contribution in [0.2, 0.25) is 5.02 Å². The Hall–Kier alpha value is -0.970. The molecule has 0 aliphatic carbocycles. The van der Waals surface area contributed by atoms with E-state index in [0.717, 1.165) is 26.2 Å². The maximum Gasteiger partial charge on any atom is 0.179 e. The molecule has 1 heterocycles. The number of benzene rings is 1. The van der Waals surface area contributed by atoms with Crippen molar-refractivity contribution in [2.24, 2.45) is 0 Å². The van der Waals surface area contributed by atoms with Crippen molar-refractivity contribution in [1.29, 1.82) is 0 Å². The van der Waals surface area contributed by atoms with Crippen molar-refractivity contribution in [3.8, 4) is 0 Å². The minimum Gasteiger partial charge on any atom is -0.304 e. The van der Waals surface area contributed by atoms with Gasteiger partial charge >= 0.3 is 0 Å². The van der Waals surface area contributed by atoms with Gasteiger partial charge in [0.05, 0.1) is 17.1 Å². The van der Waals surface area contributed by atoms with Gasteiger partial charge in [0.25, 0.3) is 0 Å². The van der Waals surface area contributed by atoms with Crippen molar-refractivity contribution in [1.82, 2.24) is 9.80 Å². The average molecular weight is 271 g/mol. The summed E-state index contributed by atoms with van der Waals surface area (Å²) in [4.78, 5) is 16.3. The molecule has 0 aromatic heterocycles. The van der Waals surface area contributed by atoms with Crippen molar-refractivity contribution >= 4 is 17.4 Å². The zero-order valence-electron chi connectivity index (χ0n) is 10.3. The predicted octanol–water partition coefficient (Wildman–Crippen LogP) is 1.91. The Labute approximate surface area is 111 Å². The van der Waals surface area contributed by atoms with E-state index in [9.17, 15) is 9.18 Å². The Kier molecular flexibility index (Phi) is 4.32. The predicted molar refractivity (Wildman–Crippen MR) is 69.7 cm³/mol. The van der Waals surface area contributed by atoms with Gasteiger partial charge in [-0.2, -0.15) is 0 Å². The van der Waals surface area contributed by atoms with Gasteiger partial charge in [0.2, 0.25) is 0 Å². The first-order valence-electron chi connectivity index (χ1n) is 5.96. The molecule has 1 aliphatic rings. The Morgan fingerprint density at radius 2 is 2.00 bits per heavy atom. The third-order valence-electron chi connectivity index (χ3n) is 3.22. The van der Waals surface area contributed by atoms with Crippen LogP contribution < -0.4 is 0 Å². The highest BCUT2D eigenvalue weighted by atomic mass is 35.5. The number of nitrogens with zero attached hydrogens (tertiary/aromatic N) is 2. The lowest BCUT2D eigenvalue weighted by molar-refractivity contribution is 0.0872. The van der Waals surface area contributed by atoms with Gasteiger partial charge in [-0.25, -0.2) is 4.39 Å². The van der Waals surface area contributed by atoms with E-state index in [-0.39, 0.29) is 22.9 Å². The number of piperazine rings is 1. The first kappa shape index (κ1) is 13.5. The summed E-state index contributed by atoms with van der Waals surface area (Å²) in [5.41, 5.74) is 0.0847. The first-order valence-corrected chi connectivity index (χ1v) is 6.34. The van der Waals surface area contributed by atoms with E-state index in [1.165, 1.54) is 12.1 Å². The van der Waals surface area contributed by atoms with Gasteiger partial charge in [-0.15, -0.1) is 0 Å². The maximum atomic E-state index is 13.7. The number of hydrogen-bond acceptors (Lipinski definition) is 3. The van der Waals surface area contributed by atoms with Gasteiger partial charge in [-0.05, 0) is 19.2 Å². The summed E-state index contributed by atoms with van der Waals surface area (Å²) in [6.07, 6.45) is 0. The van der Waals surface area contributed by atoms with Crippen molar-refractivity contribution in [2.45, 2.75) is 0 Å². The minimum atomic E-state index is -0.613. The van der Waals surface area contributed by atoms with Gasteiger partial charge < -0.3 is 4.90 Å². The summed E-state index contributed by atoms with van der Waals surface area (Å²) in [7, 11) is 2.05. The molecule has 1 saturated heterocycles. The number of rotatable bonds is 3. The van der Waals surface area contributed by atoms with Crippen LogP contribution in [-0.2, 0) is 0 Å². The molecule has 3 nitrogen and oxygen atoms in total. The second-order valence-corrected chi connectivity index (χ2v) is 5.01. The van der Waals surface area contributed by atoms with E-state index in [1.54, 1.807) is 6.07 Å². The zero-order valence-corrected chi connectivity index (χ0v) is 11.1. The number of likely N-dealkylation sites (N-methyl/N-ethyl adjacent to an activating group) is 1. The largest absolute Gasteiger partial charge is 0.304 e. The zero-order chi connectivity index (χ0) is 13.1. The molecule has 1 aromatic rings. The van der Waals surface area contributed by atoms with Crippen molar-refractivity contribution in [3.63, 3.8) is 0 Å². The second kappa shape index (κ2) is 5.78. The SMILES string of the molecule is CN1CCN(CC(=O)c2cccc(Cl)c2F)CC1. The molecule has 1 aromatic carbocycles. The van der Waals surface area contributed by atoms with Crippen molar-refractivity contribution in [3.05, 3.63) is 34.6 Å². The van der Waals surface area contributed by atoms with E-state index < -0.39 is 5.82 Å². The van der Waals surface area contributed by atoms with Gasteiger partial charge in [0.15, 0.2) is 11.6 Å². The Bertz CT molecular complexity index is 445. The highest BCUT2D eigenvalue weighted by molar-refractivity contribution is 6.31. The molecule has 0 spiro atoms. The van der Waals surface area contributed by atoms with E-state index in [1.807, 2.05) is 4.90 Å². The lowest BCUT2D eigenvalue weighted by Gasteiger charge is -2.31. The molecule has 0 unspecified atom stereocenters. The third-order valence-corrected chi connectivity index (χ3v) is 3.51. The summed E-state index contributed by atoms with van der Waals surface area (Å²) in [6.45, 7) is 3.80.